The summed E-state index contributed by atoms with van der Waals surface area (Å²) >= 11 is 5.79. The smallest absolute Gasteiger partial charge is 0.270 e. The molecule has 2 rings (SSSR count). The summed E-state index contributed by atoms with van der Waals surface area (Å²) in [4.78, 5) is 16.8. The third-order valence-electron chi connectivity index (χ3n) is 3.45. The van der Waals surface area contributed by atoms with Crippen LogP contribution in [0.1, 0.15) is 30.3 Å². The summed E-state index contributed by atoms with van der Waals surface area (Å²) < 4.78 is 0. The summed E-state index contributed by atoms with van der Waals surface area (Å²) in [5.74, 6) is 0.561. The number of H-pyrrole nitrogens is 1. The van der Waals surface area contributed by atoms with Gasteiger partial charge in [-0.05, 0) is 31.7 Å². The molecule has 1 saturated heterocycles. The summed E-state index contributed by atoms with van der Waals surface area (Å²) in [7, 11) is 0. The molecule has 1 aliphatic heterocycles. The molecule has 1 aromatic rings. The first-order chi connectivity index (χ1) is 8.08. The molecule has 1 fully saturated rings. The second kappa shape index (κ2) is 5.10. The zero-order valence-corrected chi connectivity index (χ0v) is 10.7. The highest BCUT2D eigenvalue weighted by molar-refractivity contribution is 6.30. The number of carbonyl (C=O) groups excluding carboxylic acids is 1. The number of hydrogen-bond acceptors (Lipinski definition) is 2. The van der Waals surface area contributed by atoms with Gasteiger partial charge >= 0.3 is 0 Å². The molecule has 0 aliphatic carbocycles. The number of aromatic nitrogens is 1. The van der Waals surface area contributed by atoms with Crippen molar-refractivity contribution >= 4 is 17.5 Å². The molecule has 0 saturated carbocycles. The average Bonchev–Trinajstić information content (AvgIpc) is 2.75. The van der Waals surface area contributed by atoms with Crippen molar-refractivity contribution in [2.45, 2.75) is 25.8 Å². The van der Waals surface area contributed by atoms with E-state index in [1.165, 1.54) is 0 Å². The Bertz CT molecular complexity index is 394. The number of aromatic amines is 1. The van der Waals surface area contributed by atoms with Gasteiger partial charge in [0.25, 0.3) is 5.91 Å². The molecule has 17 heavy (non-hydrogen) atoms. The number of nitrogens with zero attached hydrogens (tertiary/aromatic N) is 1. The molecule has 1 atom stereocenters. The molecule has 0 aromatic carbocycles. The van der Waals surface area contributed by atoms with Gasteiger partial charge in [-0.3, -0.25) is 4.79 Å². The summed E-state index contributed by atoms with van der Waals surface area (Å²) in [5.41, 5.74) is 6.44. The Hall–Kier alpha value is -1.00. The number of piperidine rings is 1. The quantitative estimate of drug-likeness (QED) is 0.848. The van der Waals surface area contributed by atoms with Crippen molar-refractivity contribution in [1.29, 1.82) is 0 Å². The number of carbonyl (C=O) groups is 1. The highest BCUT2D eigenvalue weighted by atomic mass is 35.5. The minimum Gasteiger partial charge on any atom is -0.356 e. The molecule has 2 heterocycles. The van der Waals surface area contributed by atoms with Gasteiger partial charge in [0.2, 0.25) is 0 Å². The number of nitrogens with two attached hydrogens (primary N) is 1. The molecule has 1 amide bonds. The Labute approximate surface area is 106 Å². The van der Waals surface area contributed by atoms with Crippen LogP contribution >= 0.6 is 11.6 Å². The van der Waals surface area contributed by atoms with Crippen molar-refractivity contribution in [3.63, 3.8) is 0 Å². The predicted molar refractivity (Wildman–Crippen MR) is 68.1 cm³/mol. The normalized spacial score (nSPS) is 19.4. The molecule has 0 spiro atoms. The maximum absolute atomic E-state index is 12.1. The van der Waals surface area contributed by atoms with Crippen molar-refractivity contribution in [3.05, 3.63) is 23.0 Å². The van der Waals surface area contributed by atoms with Gasteiger partial charge in [0.1, 0.15) is 5.69 Å². The Morgan fingerprint density at radius 3 is 2.71 bits per heavy atom. The second-order valence-corrected chi connectivity index (χ2v) is 5.16. The van der Waals surface area contributed by atoms with Crippen LogP contribution in [0.5, 0.6) is 0 Å². The van der Waals surface area contributed by atoms with E-state index in [0.29, 0.717) is 16.6 Å². The van der Waals surface area contributed by atoms with Crippen molar-refractivity contribution in [2.75, 3.05) is 13.1 Å². The van der Waals surface area contributed by atoms with Crippen LogP contribution in [0.15, 0.2) is 12.3 Å². The van der Waals surface area contributed by atoms with Crippen molar-refractivity contribution in [3.8, 4) is 0 Å². The fraction of sp³-hybridized carbons (Fsp3) is 0.583. The monoisotopic (exact) mass is 255 g/mol. The van der Waals surface area contributed by atoms with E-state index >= 15 is 0 Å². The lowest BCUT2D eigenvalue weighted by molar-refractivity contribution is 0.0676. The van der Waals surface area contributed by atoms with Gasteiger partial charge in [-0.15, -0.1) is 0 Å². The minimum atomic E-state index is 0.0278. The summed E-state index contributed by atoms with van der Waals surface area (Å²) in [6.07, 6.45) is 3.60. The van der Waals surface area contributed by atoms with Gasteiger partial charge in [0.15, 0.2) is 0 Å². The molecule has 1 aromatic heterocycles. The molecule has 4 nitrogen and oxygen atoms in total. The highest BCUT2D eigenvalue weighted by Gasteiger charge is 2.25. The molecular formula is C12H18ClN3O. The van der Waals surface area contributed by atoms with Crippen molar-refractivity contribution in [1.82, 2.24) is 9.88 Å². The van der Waals surface area contributed by atoms with Gasteiger partial charge in [-0.1, -0.05) is 11.6 Å². The molecule has 3 N–H and O–H groups in total. The molecule has 1 aliphatic rings. The van der Waals surface area contributed by atoms with Gasteiger partial charge in [-0.25, -0.2) is 0 Å². The van der Waals surface area contributed by atoms with Gasteiger partial charge in [0.05, 0.1) is 5.02 Å². The number of amides is 1. The third-order valence-corrected chi connectivity index (χ3v) is 3.67. The number of likely N-dealkylation sites (tertiary alicyclic amines) is 1. The van der Waals surface area contributed by atoms with Crippen LogP contribution < -0.4 is 5.73 Å². The lowest BCUT2D eigenvalue weighted by Crippen LogP contribution is -2.42. The van der Waals surface area contributed by atoms with Crippen LogP contribution in [-0.2, 0) is 0 Å². The van der Waals surface area contributed by atoms with Gasteiger partial charge < -0.3 is 15.6 Å². The first-order valence-electron chi connectivity index (χ1n) is 5.96. The summed E-state index contributed by atoms with van der Waals surface area (Å²) in [6, 6.07) is 1.88. The minimum absolute atomic E-state index is 0.0278. The van der Waals surface area contributed by atoms with Crippen molar-refractivity contribution < 1.29 is 4.79 Å². The highest BCUT2D eigenvalue weighted by Crippen LogP contribution is 2.21. The maximum Gasteiger partial charge on any atom is 0.270 e. The Kier molecular flexibility index (Phi) is 3.74. The SMILES string of the molecule is CC(N)C1CCN(C(=O)c2cc(Cl)c[nH]2)CC1. The molecule has 0 bridgehead atoms. The number of rotatable bonds is 2. The zero-order valence-electron chi connectivity index (χ0n) is 9.95. The fourth-order valence-electron chi connectivity index (χ4n) is 2.29. The van der Waals surface area contributed by atoms with Crippen LogP contribution in [0, 0.1) is 5.92 Å². The van der Waals surface area contributed by atoms with Gasteiger partial charge in [0, 0.05) is 25.3 Å². The Morgan fingerprint density at radius 2 is 2.24 bits per heavy atom. The first-order valence-corrected chi connectivity index (χ1v) is 6.34. The third kappa shape index (κ3) is 2.82. The van der Waals surface area contributed by atoms with Crippen LogP contribution in [0.3, 0.4) is 0 Å². The van der Waals surface area contributed by atoms with Crippen LogP contribution in [0.25, 0.3) is 0 Å². The Morgan fingerprint density at radius 1 is 1.59 bits per heavy atom. The largest absolute Gasteiger partial charge is 0.356 e. The average molecular weight is 256 g/mol. The maximum atomic E-state index is 12.1. The van der Waals surface area contributed by atoms with E-state index in [-0.39, 0.29) is 11.9 Å². The zero-order chi connectivity index (χ0) is 12.4. The van der Waals surface area contributed by atoms with E-state index in [9.17, 15) is 4.79 Å². The summed E-state index contributed by atoms with van der Waals surface area (Å²) in [5, 5.41) is 0.568. The van der Waals surface area contributed by atoms with E-state index in [1.54, 1.807) is 12.3 Å². The molecule has 0 radical (unpaired) electrons. The summed E-state index contributed by atoms with van der Waals surface area (Å²) in [6.45, 7) is 3.59. The molecular weight excluding hydrogens is 238 g/mol. The van der Waals surface area contributed by atoms with E-state index < -0.39 is 0 Å². The number of hydrogen-bond donors (Lipinski definition) is 2. The molecule has 5 heteroatoms. The molecule has 1 unspecified atom stereocenters. The number of halogens is 1. The van der Waals surface area contributed by atoms with Crippen molar-refractivity contribution in [2.24, 2.45) is 11.7 Å². The number of nitrogens with one attached hydrogen (secondary N) is 1. The lowest BCUT2D eigenvalue weighted by atomic mass is 9.91. The first kappa shape index (κ1) is 12.5. The van der Waals surface area contributed by atoms with Crippen LogP contribution in [0.2, 0.25) is 5.02 Å². The fourth-order valence-corrected chi connectivity index (χ4v) is 2.45. The Balaban J connectivity index is 1.95. The second-order valence-electron chi connectivity index (χ2n) is 4.72. The van der Waals surface area contributed by atoms with E-state index in [2.05, 4.69) is 4.98 Å². The van der Waals surface area contributed by atoms with E-state index in [1.807, 2.05) is 11.8 Å². The molecule has 94 valence electrons. The van der Waals surface area contributed by atoms with Gasteiger partial charge in [-0.2, -0.15) is 0 Å². The van der Waals surface area contributed by atoms with E-state index in [4.69, 9.17) is 17.3 Å². The van der Waals surface area contributed by atoms with Crippen LogP contribution in [-0.4, -0.2) is 34.9 Å². The topological polar surface area (TPSA) is 62.1 Å². The van der Waals surface area contributed by atoms with Crippen LogP contribution in [0.4, 0.5) is 0 Å². The standard InChI is InChI=1S/C12H18ClN3O/c1-8(14)9-2-4-16(5-3-9)12(17)11-6-10(13)7-15-11/h6-9,15H,2-5,14H2,1H3. The lowest BCUT2D eigenvalue weighted by Gasteiger charge is -2.33. The predicted octanol–water partition coefficient (Wildman–Crippen LogP) is 1.87. The van der Waals surface area contributed by atoms with E-state index in [0.717, 1.165) is 25.9 Å².